The second-order valence-electron chi connectivity index (χ2n) is 10.2. The number of carbonyl (C=O) groups excluding carboxylic acids is 2. The molecule has 0 radical (unpaired) electrons. The lowest BCUT2D eigenvalue weighted by Gasteiger charge is -2.37. The van der Waals surface area contributed by atoms with Crippen LogP contribution in [0, 0.1) is 11.3 Å². The molecule has 2 amide bonds. The first-order chi connectivity index (χ1) is 17.8. The first-order valence-corrected chi connectivity index (χ1v) is 14.0. The summed E-state index contributed by atoms with van der Waals surface area (Å²) in [5, 5.41) is 15.2. The predicted octanol–water partition coefficient (Wildman–Crippen LogP) is 3.32. The lowest BCUT2D eigenvalue weighted by molar-refractivity contribution is -0.132. The largest absolute Gasteiger partial charge is 0.444 e. The Balaban J connectivity index is 1.66. The molecule has 2 aromatic carbocycles. The summed E-state index contributed by atoms with van der Waals surface area (Å²) in [5.41, 5.74) is 0.628. The molecule has 10 nitrogen and oxygen atoms in total. The van der Waals surface area contributed by atoms with Crippen molar-refractivity contribution < 1.29 is 31.7 Å². The van der Waals surface area contributed by atoms with Crippen LogP contribution >= 0.6 is 0 Å². The van der Waals surface area contributed by atoms with Gasteiger partial charge in [-0.3, -0.25) is 4.79 Å². The minimum absolute atomic E-state index is 0.226. The number of ether oxygens (including phenoxy) is 2. The Morgan fingerprint density at radius 2 is 1.61 bits per heavy atom. The number of carbonyl (C=O) groups is 2. The topological polar surface area (TPSA) is 144 Å². The lowest BCUT2D eigenvalue weighted by atomic mass is 9.88. The molecule has 1 atom stereocenters. The number of rotatable bonds is 8. The first-order valence-electron chi connectivity index (χ1n) is 12.2. The standard InChI is InChI=1S/C27H33N3O7S/c1-26(2,3)36-25(32)30-27(13-15-35-16-14-27)24(31)29-22(18-28)17-19-5-7-20(8-6-19)21-9-11-23(12-10-21)37-38(4,33)34/h5-12,22H,13-17H2,1-4H3,(H,29,31)(H,30,32). The molecule has 1 fully saturated rings. The summed E-state index contributed by atoms with van der Waals surface area (Å²) in [4.78, 5) is 25.8. The SMILES string of the molecule is CC(C)(C)OC(=O)NC1(C(=O)NC(C#N)Cc2ccc(-c3ccc(OS(C)(=O)=O)cc3)cc2)CCOCC1. The van der Waals surface area contributed by atoms with Gasteiger partial charge < -0.3 is 24.3 Å². The Morgan fingerprint density at radius 3 is 2.11 bits per heavy atom. The van der Waals surface area contributed by atoms with E-state index in [9.17, 15) is 23.3 Å². The van der Waals surface area contributed by atoms with E-state index in [4.69, 9.17) is 13.7 Å². The molecule has 0 aromatic heterocycles. The predicted molar refractivity (Wildman–Crippen MR) is 141 cm³/mol. The van der Waals surface area contributed by atoms with Gasteiger partial charge in [0.2, 0.25) is 5.91 Å². The summed E-state index contributed by atoms with van der Waals surface area (Å²) in [6, 6.07) is 15.4. The maximum Gasteiger partial charge on any atom is 0.408 e. The number of nitrogens with zero attached hydrogens (tertiary/aromatic N) is 1. The summed E-state index contributed by atoms with van der Waals surface area (Å²) in [6.45, 7) is 5.81. The lowest BCUT2D eigenvalue weighted by Crippen LogP contribution is -2.63. The quantitative estimate of drug-likeness (QED) is 0.483. The third-order valence-electron chi connectivity index (χ3n) is 5.81. The molecule has 0 spiro atoms. The molecule has 204 valence electrons. The van der Waals surface area contributed by atoms with Gasteiger partial charge in [0.15, 0.2) is 0 Å². The van der Waals surface area contributed by atoms with Crippen molar-refractivity contribution in [3.8, 4) is 22.9 Å². The molecular weight excluding hydrogens is 510 g/mol. The van der Waals surface area contributed by atoms with Crippen LogP contribution in [0.25, 0.3) is 11.1 Å². The fraction of sp³-hybridized carbons (Fsp3) is 0.444. The van der Waals surface area contributed by atoms with Crippen molar-refractivity contribution >= 4 is 22.1 Å². The number of hydrogen-bond donors (Lipinski definition) is 2. The Morgan fingerprint density at radius 1 is 1.05 bits per heavy atom. The van der Waals surface area contributed by atoms with Gasteiger partial charge in [-0.25, -0.2) is 4.79 Å². The van der Waals surface area contributed by atoms with E-state index in [-0.39, 0.29) is 25.0 Å². The highest BCUT2D eigenvalue weighted by molar-refractivity contribution is 7.86. The second kappa shape index (κ2) is 11.8. The van der Waals surface area contributed by atoms with Gasteiger partial charge in [-0.1, -0.05) is 36.4 Å². The zero-order chi connectivity index (χ0) is 28.0. The van der Waals surface area contributed by atoms with Crippen LogP contribution in [0.15, 0.2) is 48.5 Å². The van der Waals surface area contributed by atoms with Gasteiger partial charge in [-0.05, 0) is 49.6 Å². The van der Waals surface area contributed by atoms with E-state index in [1.54, 1.807) is 45.0 Å². The van der Waals surface area contributed by atoms with Crippen LogP contribution in [0.3, 0.4) is 0 Å². The van der Waals surface area contributed by atoms with Crippen LogP contribution in [0.5, 0.6) is 5.75 Å². The highest BCUT2D eigenvalue weighted by Gasteiger charge is 2.43. The Bertz CT molecular complexity index is 1270. The second-order valence-corrected chi connectivity index (χ2v) is 11.8. The zero-order valence-electron chi connectivity index (χ0n) is 21.9. The summed E-state index contributed by atoms with van der Waals surface area (Å²) >= 11 is 0. The maximum absolute atomic E-state index is 13.3. The van der Waals surface area contributed by atoms with Gasteiger partial charge in [-0.2, -0.15) is 13.7 Å². The third-order valence-corrected chi connectivity index (χ3v) is 6.31. The summed E-state index contributed by atoms with van der Waals surface area (Å²) < 4.78 is 38.2. The van der Waals surface area contributed by atoms with Crippen molar-refractivity contribution in [3.63, 3.8) is 0 Å². The van der Waals surface area contributed by atoms with E-state index in [2.05, 4.69) is 16.7 Å². The summed E-state index contributed by atoms with van der Waals surface area (Å²) in [6.07, 6.45) is 1.08. The van der Waals surface area contributed by atoms with Crippen LogP contribution in [-0.4, -0.2) is 57.1 Å². The molecule has 38 heavy (non-hydrogen) atoms. The van der Waals surface area contributed by atoms with Crippen LogP contribution in [-0.2, 0) is 30.8 Å². The highest BCUT2D eigenvalue weighted by atomic mass is 32.2. The molecule has 2 aromatic rings. The Kier molecular flexibility index (Phi) is 9.01. The average Bonchev–Trinajstić information content (AvgIpc) is 2.83. The van der Waals surface area contributed by atoms with E-state index in [0.29, 0.717) is 13.2 Å². The average molecular weight is 544 g/mol. The fourth-order valence-electron chi connectivity index (χ4n) is 4.00. The minimum Gasteiger partial charge on any atom is -0.444 e. The monoisotopic (exact) mass is 543 g/mol. The fourth-order valence-corrected chi connectivity index (χ4v) is 4.46. The molecule has 1 aliphatic heterocycles. The van der Waals surface area contributed by atoms with Crippen molar-refractivity contribution in [2.45, 2.75) is 57.2 Å². The molecule has 1 saturated heterocycles. The number of benzene rings is 2. The van der Waals surface area contributed by atoms with E-state index < -0.39 is 39.3 Å². The zero-order valence-corrected chi connectivity index (χ0v) is 22.8. The normalized spacial score (nSPS) is 16.0. The summed E-state index contributed by atoms with van der Waals surface area (Å²) in [5.74, 6) is -0.227. The molecule has 11 heteroatoms. The highest BCUT2D eigenvalue weighted by Crippen LogP contribution is 2.25. The van der Waals surface area contributed by atoms with Gasteiger partial charge in [-0.15, -0.1) is 0 Å². The number of amides is 2. The van der Waals surface area contributed by atoms with E-state index in [0.717, 1.165) is 22.9 Å². The van der Waals surface area contributed by atoms with Crippen molar-refractivity contribution in [3.05, 3.63) is 54.1 Å². The van der Waals surface area contributed by atoms with E-state index in [1.165, 1.54) is 0 Å². The van der Waals surface area contributed by atoms with E-state index in [1.807, 2.05) is 24.3 Å². The van der Waals surface area contributed by atoms with Gasteiger partial charge in [0.05, 0.1) is 12.3 Å². The van der Waals surface area contributed by atoms with Crippen LogP contribution in [0.2, 0.25) is 0 Å². The minimum atomic E-state index is -3.60. The number of nitrogens with one attached hydrogen (secondary N) is 2. The molecule has 0 bridgehead atoms. The van der Waals surface area contributed by atoms with Gasteiger partial charge >= 0.3 is 16.2 Å². The maximum atomic E-state index is 13.3. The van der Waals surface area contributed by atoms with Gasteiger partial charge in [0.25, 0.3) is 0 Å². The van der Waals surface area contributed by atoms with Crippen molar-refractivity contribution in [1.82, 2.24) is 10.6 Å². The molecule has 1 unspecified atom stereocenters. The van der Waals surface area contributed by atoms with Crippen LogP contribution in [0.1, 0.15) is 39.2 Å². The smallest absolute Gasteiger partial charge is 0.408 e. The first kappa shape index (κ1) is 28.9. The van der Waals surface area contributed by atoms with Crippen LogP contribution < -0.4 is 14.8 Å². The number of nitriles is 1. The summed E-state index contributed by atoms with van der Waals surface area (Å²) in [7, 11) is -3.60. The van der Waals surface area contributed by atoms with Crippen molar-refractivity contribution in [1.29, 1.82) is 5.26 Å². The van der Waals surface area contributed by atoms with Crippen molar-refractivity contribution in [2.75, 3.05) is 19.5 Å². The molecule has 1 aliphatic rings. The van der Waals surface area contributed by atoms with Crippen LogP contribution in [0.4, 0.5) is 4.79 Å². The number of hydrogen-bond acceptors (Lipinski definition) is 8. The molecule has 2 N–H and O–H groups in total. The van der Waals surface area contributed by atoms with Gasteiger partial charge in [0, 0.05) is 32.5 Å². The Hall–Kier alpha value is -3.62. The molecular formula is C27H33N3O7S. The molecule has 0 saturated carbocycles. The van der Waals surface area contributed by atoms with Gasteiger partial charge in [0.1, 0.15) is 22.9 Å². The molecule has 1 heterocycles. The molecule has 3 rings (SSSR count). The van der Waals surface area contributed by atoms with E-state index >= 15 is 0 Å². The molecule has 0 aliphatic carbocycles. The number of alkyl carbamates (subject to hydrolysis) is 1. The van der Waals surface area contributed by atoms with Crippen molar-refractivity contribution in [2.24, 2.45) is 0 Å². The Labute approximate surface area is 223 Å². The third kappa shape index (κ3) is 8.46.